The van der Waals surface area contributed by atoms with Crippen molar-refractivity contribution in [2.24, 2.45) is 0 Å². The molecule has 0 aliphatic rings. The van der Waals surface area contributed by atoms with Crippen LogP contribution < -0.4 is 5.32 Å². The van der Waals surface area contributed by atoms with Crippen molar-refractivity contribution in [1.82, 2.24) is 10.2 Å². The zero-order chi connectivity index (χ0) is 25.2. The number of aryl methyl sites for hydroxylation is 2. The summed E-state index contributed by atoms with van der Waals surface area (Å²) >= 11 is 6.49. The zero-order valence-corrected chi connectivity index (χ0v) is 21.6. The van der Waals surface area contributed by atoms with Gasteiger partial charge in [0, 0.05) is 24.5 Å². The number of halogens is 1. The van der Waals surface area contributed by atoms with Crippen molar-refractivity contribution in [3.05, 3.63) is 106 Å². The molecule has 4 nitrogen and oxygen atoms in total. The Bertz CT molecular complexity index is 1130. The maximum atomic E-state index is 13.9. The Labute approximate surface area is 214 Å². The Kier molecular flexibility index (Phi) is 9.92. The lowest BCUT2D eigenvalue weighted by Crippen LogP contribution is -2.51. The maximum Gasteiger partial charge on any atom is 0.243 e. The Hall–Kier alpha value is -3.11. The molecule has 0 radical (unpaired) electrons. The Balaban J connectivity index is 1.98. The SMILES string of the molecule is CCCCNC(=O)[C@H](Cc1ccccc1)N(Cc1ccccc1Cl)C(=O)Cc1cc(C)ccc1C. The molecule has 3 aromatic rings. The van der Waals surface area contributed by atoms with Gasteiger partial charge >= 0.3 is 0 Å². The van der Waals surface area contributed by atoms with E-state index in [9.17, 15) is 9.59 Å². The topological polar surface area (TPSA) is 49.4 Å². The summed E-state index contributed by atoms with van der Waals surface area (Å²) < 4.78 is 0. The third-order valence-corrected chi connectivity index (χ3v) is 6.61. The smallest absolute Gasteiger partial charge is 0.243 e. The fourth-order valence-corrected chi connectivity index (χ4v) is 4.32. The van der Waals surface area contributed by atoms with Crippen molar-refractivity contribution in [2.75, 3.05) is 6.54 Å². The Morgan fingerprint density at radius 3 is 2.37 bits per heavy atom. The highest BCUT2D eigenvalue weighted by atomic mass is 35.5. The number of nitrogens with one attached hydrogen (secondary N) is 1. The van der Waals surface area contributed by atoms with E-state index in [2.05, 4.69) is 18.3 Å². The number of rotatable bonds is 11. The van der Waals surface area contributed by atoms with Crippen LogP contribution in [0.3, 0.4) is 0 Å². The van der Waals surface area contributed by atoms with Gasteiger partial charge in [0.2, 0.25) is 11.8 Å². The molecule has 35 heavy (non-hydrogen) atoms. The standard InChI is InChI=1S/C30H35ClN2O2/c1-4-5-17-32-30(35)28(19-24-11-7-6-8-12-24)33(21-25-13-9-10-14-27(25)31)29(34)20-26-18-22(2)15-16-23(26)3/h6-16,18,28H,4-5,17,19-21H2,1-3H3,(H,32,35)/t28-/m0/s1. The maximum absolute atomic E-state index is 13.9. The molecule has 184 valence electrons. The van der Waals surface area contributed by atoms with Crippen LogP contribution in [0.5, 0.6) is 0 Å². The number of hydrogen-bond donors (Lipinski definition) is 1. The third kappa shape index (κ3) is 7.69. The van der Waals surface area contributed by atoms with Crippen molar-refractivity contribution >= 4 is 23.4 Å². The zero-order valence-electron chi connectivity index (χ0n) is 20.9. The van der Waals surface area contributed by atoms with Gasteiger partial charge in [-0.1, -0.05) is 97.2 Å². The number of nitrogens with zero attached hydrogens (tertiary/aromatic N) is 1. The fraction of sp³-hybridized carbons (Fsp3) is 0.333. The summed E-state index contributed by atoms with van der Waals surface area (Å²) in [6.45, 7) is 6.98. The predicted molar refractivity (Wildman–Crippen MR) is 143 cm³/mol. The number of unbranched alkanes of at least 4 members (excludes halogenated alkanes) is 1. The van der Waals surface area contributed by atoms with Gasteiger partial charge in [-0.2, -0.15) is 0 Å². The summed E-state index contributed by atoms with van der Waals surface area (Å²) in [7, 11) is 0. The van der Waals surface area contributed by atoms with Gasteiger partial charge in [0.05, 0.1) is 6.42 Å². The van der Waals surface area contributed by atoms with Crippen LogP contribution in [0.1, 0.15) is 47.6 Å². The highest BCUT2D eigenvalue weighted by molar-refractivity contribution is 6.31. The first-order valence-electron chi connectivity index (χ1n) is 12.3. The van der Waals surface area contributed by atoms with Crippen LogP contribution in [0.25, 0.3) is 0 Å². The second kappa shape index (κ2) is 13.1. The summed E-state index contributed by atoms with van der Waals surface area (Å²) in [6, 6.07) is 22.8. The van der Waals surface area contributed by atoms with Gasteiger partial charge in [-0.3, -0.25) is 9.59 Å². The lowest BCUT2D eigenvalue weighted by molar-refractivity contribution is -0.140. The van der Waals surface area contributed by atoms with Crippen molar-refractivity contribution < 1.29 is 9.59 Å². The highest BCUT2D eigenvalue weighted by Crippen LogP contribution is 2.22. The minimum absolute atomic E-state index is 0.0924. The third-order valence-electron chi connectivity index (χ3n) is 6.25. The van der Waals surface area contributed by atoms with Crippen LogP contribution in [-0.2, 0) is 29.0 Å². The number of carbonyl (C=O) groups excluding carboxylic acids is 2. The van der Waals surface area contributed by atoms with E-state index in [0.717, 1.165) is 40.7 Å². The molecule has 0 aliphatic carbocycles. The van der Waals surface area contributed by atoms with Gasteiger partial charge in [0.25, 0.3) is 0 Å². The van der Waals surface area contributed by atoms with Crippen LogP contribution in [0.4, 0.5) is 0 Å². The minimum Gasteiger partial charge on any atom is -0.354 e. The summed E-state index contributed by atoms with van der Waals surface area (Å²) in [4.78, 5) is 29.0. The van der Waals surface area contributed by atoms with Gasteiger partial charge in [-0.05, 0) is 48.6 Å². The molecule has 0 aliphatic heterocycles. The summed E-state index contributed by atoms with van der Waals surface area (Å²) in [5, 5.41) is 3.64. The molecule has 0 aromatic heterocycles. The molecule has 0 unspecified atom stereocenters. The van der Waals surface area contributed by atoms with Gasteiger partial charge in [0.15, 0.2) is 0 Å². The Morgan fingerprint density at radius 2 is 1.66 bits per heavy atom. The number of amides is 2. The van der Waals surface area contributed by atoms with Gasteiger partial charge in [0.1, 0.15) is 6.04 Å². The Morgan fingerprint density at radius 1 is 0.943 bits per heavy atom. The lowest BCUT2D eigenvalue weighted by atomic mass is 9.99. The molecular weight excluding hydrogens is 456 g/mol. The summed E-state index contributed by atoms with van der Waals surface area (Å²) in [6.07, 6.45) is 2.54. The lowest BCUT2D eigenvalue weighted by Gasteiger charge is -2.32. The second-order valence-corrected chi connectivity index (χ2v) is 9.48. The van der Waals surface area contributed by atoms with E-state index >= 15 is 0 Å². The molecule has 2 amide bonds. The van der Waals surface area contributed by atoms with Crippen LogP contribution in [0, 0.1) is 13.8 Å². The van der Waals surface area contributed by atoms with Gasteiger partial charge in [-0.25, -0.2) is 0 Å². The summed E-state index contributed by atoms with van der Waals surface area (Å²) in [5.41, 5.74) is 4.97. The molecule has 1 atom stereocenters. The molecular formula is C30H35ClN2O2. The van der Waals surface area contributed by atoms with E-state index in [1.165, 1.54) is 0 Å². The number of hydrogen-bond acceptors (Lipinski definition) is 2. The first-order chi connectivity index (χ1) is 16.9. The molecule has 5 heteroatoms. The molecule has 0 bridgehead atoms. The molecule has 0 heterocycles. The molecule has 3 aromatic carbocycles. The minimum atomic E-state index is -0.650. The average molecular weight is 491 g/mol. The first kappa shape index (κ1) is 26.5. The molecule has 0 spiro atoms. The molecule has 0 saturated heterocycles. The van der Waals surface area contributed by atoms with Crippen LogP contribution in [0.15, 0.2) is 72.8 Å². The van der Waals surface area contributed by atoms with Crippen LogP contribution in [0.2, 0.25) is 5.02 Å². The van der Waals surface area contributed by atoms with Crippen molar-refractivity contribution in [3.8, 4) is 0 Å². The molecule has 0 fully saturated rings. The van der Waals surface area contributed by atoms with E-state index in [0.29, 0.717) is 18.0 Å². The normalized spacial score (nSPS) is 11.7. The average Bonchev–Trinajstić information content (AvgIpc) is 2.85. The van der Waals surface area contributed by atoms with E-state index in [-0.39, 0.29) is 24.8 Å². The predicted octanol–water partition coefficient (Wildman–Crippen LogP) is 6.06. The fourth-order valence-electron chi connectivity index (χ4n) is 4.13. The van der Waals surface area contributed by atoms with Crippen LogP contribution in [-0.4, -0.2) is 29.3 Å². The van der Waals surface area contributed by atoms with Gasteiger partial charge < -0.3 is 10.2 Å². The summed E-state index contributed by atoms with van der Waals surface area (Å²) in [5.74, 6) is -0.228. The number of carbonyl (C=O) groups is 2. The van der Waals surface area contributed by atoms with E-state index in [4.69, 9.17) is 11.6 Å². The molecule has 0 saturated carbocycles. The van der Waals surface area contributed by atoms with E-state index in [1.54, 1.807) is 4.90 Å². The second-order valence-electron chi connectivity index (χ2n) is 9.07. The highest BCUT2D eigenvalue weighted by Gasteiger charge is 2.30. The van der Waals surface area contributed by atoms with Crippen molar-refractivity contribution in [1.29, 1.82) is 0 Å². The van der Waals surface area contributed by atoms with E-state index in [1.807, 2.05) is 80.6 Å². The van der Waals surface area contributed by atoms with Crippen LogP contribution >= 0.6 is 11.6 Å². The van der Waals surface area contributed by atoms with Crippen molar-refractivity contribution in [2.45, 2.75) is 59.0 Å². The van der Waals surface area contributed by atoms with E-state index < -0.39 is 6.04 Å². The van der Waals surface area contributed by atoms with Gasteiger partial charge in [-0.15, -0.1) is 0 Å². The monoisotopic (exact) mass is 490 g/mol. The molecule has 3 rings (SSSR count). The molecule has 1 N–H and O–H groups in total. The quantitative estimate of drug-likeness (QED) is 0.332. The first-order valence-corrected chi connectivity index (χ1v) is 12.7. The largest absolute Gasteiger partial charge is 0.354 e. The van der Waals surface area contributed by atoms with Crippen molar-refractivity contribution in [3.63, 3.8) is 0 Å². The number of benzene rings is 3.